The molecule has 0 saturated carbocycles. The van der Waals surface area contributed by atoms with Crippen molar-refractivity contribution < 1.29 is 14.3 Å². The zero-order chi connectivity index (χ0) is 15.1. The van der Waals surface area contributed by atoms with Gasteiger partial charge in [-0.1, -0.05) is 12.1 Å². The molecule has 0 aliphatic carbocycles. The van der Waals surface area contributed by atoms with Gasteiger partial charge < -0.3 is 10.4 Å². The third-order valence-electron chi connectivity index (χ3n) is 3.01. The standard InChI is InChI=1S/C15H20FNO2S/c1-10(8-12-4-6-13(16)7-5-12)15(19)17-11(2)14(9-18)20-3/h4-8,11,14,18H,9H2,1-3H3,(H,17,19)/b10-8+. The average Bonchev–Trinajstić information content (AvgIpc) is 2.42. The number of benzene rings is 1. The summed E-state index contributed by atoms with van der Waals surface area (Å²) < 4.78 is 12.8. The van der Waals surface area contributed by atoms with Crippen molar-refractivity contribution in [2.45, 2.75) is 25.1 Å². The van der Waals surface area contributed by atoms with Crippen molar-refractivity contribution in [2.24, 2.45) is 0 Å². The van der Waals surface area contributed by atoms with E-state index in [2.05, 4.69) is 5.32 Å². The van der Waals surface area contributed by atoms with Crippen LogP contribution in [0.4, 0.5) is 4.39 Å². The van der Waals surface area contributed by atoms with E-state index in [0.29, 0.717) is 5.57 Å². The fourth-order valence-electron chi connectivity index (χ4n) is 1.72. The van der Waals surface area contributed by atoms with Gasteiger partial charge >= 0.3 is 0 Å². The molecular weight excluding hydrogens is 277 g/mol. The Morgan fingerprint density at radius 3 is 2.55 bits per heavy atom. The van der Waals surface area contributed by atoms with Crippen LogP contribution in [0.15, 0.2) is 29.8 Å². The number of rotatable bonds is 6. The number of aliphatic hydroxyl groups is 1. The first kappa shape index (κ1) is 16.7. The van der Waals surface area contributed by atoms with Crippen LogP contribution in [-0.2, 0) is 4.79 Å². The minimum Gasteiger partial charge on any atom is -0.395 e. The van der Waals surface area contributed by atoms with Crippen molar-refractivity contribution in [3.05, 3.63) is 41.2 Å². The Bertz CT molecular complexity index is 469. The molecule has 0 radical (unpaired) electrons. The van der Waals surface area contributed by atoms with Crippen molar-refractivity contribution in [1.82, 2.24) is 5.32 Å². The zero-order valence-electron chi connectivity index (χ0n) is 11.9. The molecule has 1 aromatic rings. The Kier molecular flexibility index (Phi) is 6.75. The van der Waals surface area contributed by atoms with Gasteiger partial charge in [0, 0.05) is 16.9 Å². The molecule has 1 rings (SSSR count). The lowest BCUT2D eigenvalue weighted by Crippen LogP contribution is -2.41. The Morgan fingerprint density at radius 2 is 2.05 bits per heavy atom. The number of halogens is 1. The summed E-state index contributed by atoms with van der Waals surface area (Å²) >= 11 is 1.51. The molecule has 2 atom stereocenters. The van der Waals surface area contributed by atoms with Gasteiger partial charge in [-0.05, 0) is 43.9 Å². The number of hydrogen-bond donors (Lipinski definition) is 2. The summed E-state index contributed by atoms with van der Waals surface area (Å²) in [6.45, 7) is 3.59. The Morgan fingerprint density at radius 1 is 1.45 bits per heavy atom. The Labute approximate surface area is 123 Å². The van der Waals surface area contributed by atoms with E-state index in [0.717, 1.165) is 5.56 Å². The number of carbonyl (C=O) groups is 1. The van der Waals surface area contributed by atoms with Crippen molar-refractivity contribution in [2.75, 3.05) is 12.9 Å². The largest absolute Gasteiger partial charge is 0.395 e. The molecule has 0 fully saturated rings. The summed E-state index contributed by atoms with van der Waals surface area (Å²) in [7, 11) is 0. The van der Waals surface area contributed by atoms with Crippen LogP contribution in [0.25, 0.3) is 6.08 Å². The van der Waals surface area contributed by atoms with Gasteiger partial charge in [0.25, 0.3) is 0 Å². The lowest BCUT2D eigenvalue weighted by atomic mass is 10.1. The highest BCUT2D eigenvalue weighted by atomic mass is 32.2. The van der Waals surface area contributed by atoms with Crippen molar-refractivity contribution >= 4 is 23.7 Å². The third-order valence-corrected chi connectivity index (χ3v) is 4.17. The van der Waals surface area contributed by atoms with Crippen LogP contribution in [0.5, 0.6) is 0 Å². The third kappa shape index (κ3) is 4.98. The molecule has 0 aliphatic heterocycles. The summed E-state index contributed by atoms with van der Waals surface area (Å²) in [6.07, 6.45) is 3.60. The van der Waals surface area contributed by atoms with E-state index in [1.54, 1.807) is 25.1 Å². The maximum Gasteiger partial charge on any atom is 0.247 e. The minimum atomic E-state index is -0.302. The van der Waals surface area contributed by atoms with Gasteiger partial charge in [0.2, 0.25) is 5.91 Å². The van der Waals surface area contributed by atoms with Crippen molar-refractivity contribution in [1.29, 1.82) is 0 Å². The molecule has 5 heteroatoms. The van der Waals surface area contributed by atoms with Crippen LogP contribution in [0.2, 0.25) is 0 Å². The highest BCUT2D eigenvalue weighted by molar-refractivity contribution is 7.99. The Balaban J connectivity index is 2.69. The maximum atomic E-state index is 12.8. The molecule has 2 N–H and O–H groups in total. The van der Waals surface area contributed by atoms with Crippen LogP contribution < -0.4 is 5.32 Å². The first-order valence-electron chi connectivity index (χ1n) is 6.36. The van der Waals surface area contributed by atoms with E-state index in [1.165, 1.54) is 23.9 Å². The smallest absolute Gasteiger partial charge is 0.247 e. The number of thioether (sulfide) groups is 1. The molecule has 2 unspecified atom stereocenters. The lowest BCUT2D eigenvalue weighted by molar-refractivity contribution is -0.118. The number of amides is 1. The summed E-state index contributed by atoms with van der Waals surface area (Å²) in [5.41, 5.74) is 1.32. The van der Waals surface area contributed by atoms with E-state index >= 15 is 0 Å². The van der Waals surface area contributed by atoms with Gasteiger partial charge in [0.05, 0.1) is 6.61 Å². The van der Waals surface area contributed by atoms with Crippen LogP contribution in [-0.4, -0.2) is 35.2 Å². The van der Waals surface area contributed by atoms with E-state index < -0.39 is 0 Å². The van der Waals surface area contributed by atoms with Gasteiger partial charge in [-0.25, -0.2) is 4.39 Å². The summed E-state index contributed by atoms with van der Waals surface area (Å²) in [5, 5.41) is 12.0. The molecular formula is C15H20FNO2S. The molecule has 110 valence electrons. The predicted octanol–water partition coefficient (Wildman–Crippen LogP) is 2.46. The molecule has 0 aromatic heterocycles. The molecule has 0 bridgehead atoms. The molecule has 0 heterocycles. The van der Waals surface area contributed by atoms with Gasteiger partial charge in [0.1, 0.15) is 5.82 Å². The van der Waals surface area contributed by atoms with Crippen molar-refractivity contribution in [3.8, 4) is 0 Å². The molecule has 0 aliphatic rings. The summed E-state index contributed by atoms with van der Waals surface area (Å²) in [5.74, 6) is -0.488. The highest BCUT2D eigenvalue weighted by Gasteiger charge is 2.17. The SMILES string of the molecule is CSC(CO)C(C)NC(=O)/C(C)=C/c1ccc(F)cc1. The number of nitrogens with one attached hydrogen (secondary N) is 1. The second-order valence-electron chi connectivity index (χ2n) is 4.60. The fraction of sp³-hybridized carbons (Fsp3) is 0.400. The number of carbonyl (C=O) groups excluding carboxylic acids is 1. The van der Waals surface area contributed by atoms with Gasteiger partial charge in [0.15, 0.2) is 0 Å². The molecule has 1 amide bonds. The molecule has 20 heavy (non-hydrogen) atoms. The highest BCUT2D eigenvalue weighted by Crippen LogP contribution is 2.12. The predicted molar refractivity (Wildman–Crippen MR) is 82.0 cm³/mol. The monoisotopic (exact) mass is 297 g/mol. The van der Waals surface area contributed by atoms with Gasteiger partial charge in [-0.15, -0.1) is 0 Å². The Hall–Kier alpha value is -1.33. The summed E-state index contributed by atoms with van der Waals surface area (Å²) in [6, 6.07) is 5.82. The van der Waals surface area contributed by atoms with Gasteiger partial charge in [-0.2, -0.15) is 11.8 Å². The maximum absolute atomic E-state index is 12.8. The van der Waals surface area contributed by atoms with E-state index in [4.69, 9.17) is 0 Å². The lowest BCUT2D eigenvalue weighted by Gasteiger charge is -2.21. The molecule has 0 saturated heterocycles. The van der Waals surface area contributed by atoms with Crippen LogP contribution in [0, 0.1) is 5.82 Å². The molecule has 3 nitrogen and oxygen atoms in total. The average molecular weight is 297 g/mol. The first-order valence-corrected chi connectivity index (χ1v) is 7.65. The normalized spacial score (nSPS) is 14.8. The van der Waals surface area contributed by atoms with Crippen LogP contribution >= 0.6 is 11.8 Å². The quantitative estimate of drug-likeness (QED) is 0.793. The van der Waals surface area contributed by atoms with Crippen LogP contribution in [0.1, 0.15) is 19.4 Å². The second kappa shape index (κ2) is 8.07. The number of hydrogen-bond acceptors (Lipinski definition) is 3. The number of aliphatic hydroxyl groups excluding tert-OH is 1. The molecule has 0 spiro atoms. The van der Waals surface area contributed by atoms with E-state index in [-0.39, 0.29) is 29.6 Å². The fourth-order valence-corrected chi connectivity index (χ4v) is 2.35. The topological polar surface area (TPSA) is 49.3 Å². The second-order valence-corrected chi connectivity index (χ2v) is 5.67. The molecule has 1 aromatic carbocycles. The summed E-state index contributed by atoms with van der Waals surface area (Å²) in [4.78, 5) is 12.0. The van der Waals surface area contributed by atoms with E-state index in [1.807, 2.05) is 13.2 Å². The zero-order valence-corrected chi connectivity index (χ0v) is 12.7. The van der Waals surface area contributed by atoms with Gasteiger partial charge in [-0.3, -0.25) is 4.79 Å². The minimum absolute atomic E-state index is 0.0172. The van der Waals surface area contributed by atoms with E-state index in [9.17, 15) is 14.3 Å². The van der Waals surface area contributed by atoms with Crippen molar-refractivity contribution in [3.63, 3.8) is 0 Å². The first-order chi connectivity index (χ1) is 9.47. The van der Waals surface area contributed by atoms with Crippen LogP contribution in [0.3, 0.4) is 0 Å².